The van der Waals surface area contributed by atoms with Crippen LogP contribution in [0.5, 0.6) is 5.75 Å². The van der Waals surface area contributed by atoms with E-state index in [1.165, 1.54) is 4.68 Å². The summed E-state index contributed by atoms with van der Waals surface area (Å²) in [5.74, 6) is 0.343. The number of aryl methyl sites for hydroxylation is 3. The predicted molar refractivity (Wildman–Crippen MR) is 116 cm³/mol. The number of nitrogens with one attached hydrogen (secondary N) is 1. The van der Waals surface area contributed by atoms with Gasteiger partial charge in [0.1, 0.15) is 12.4 Å². The van der Waals surface area contributed by atoms with Crippen LogP contribution in [0.3, 0.4) is 0 Å². The number of rotatable bonds is 8. The number of carbonyl (C=O) groups is 1. The van der Waals surface area contributed by atoms with Gasteiger partial charge in [0.25, 0.3) is 5.91 Å². The average molecular weight is 466 g/mol. The van der Waals surface area contributed by atoms with Crippen molar-refractivity contribution in [2.45, 2.75) is 39.6 Å². The second-order valence-electron chi connectivity index (χ2n) is 7.42. The van der Waals surface area contributed by atoms with Crippen molar-refractivity contribution in [1.29, 1.82) is 0 Å². The lowest BCUT2D eigenvalue weighted by atomic mass is 10.1. The minimum Gasteiger partial charge on any atom is -0.487 e. The van der Waals surface area contributed by atoms with Gasteiger partial charge in [0.15, 0.2) is 5.69 Å². The van der Waals surface area contributed by atoms with E-state index in [0.717, 1.165) is 17.2 Å². The fourth-order valence-corrected chi connectivity index (χ4v) is 3.21. The number of halogens is 4. The first-order chi connectivity index (χ1) is 15.1. The Morgan fingerprint density at radius 1 is 1.12 bits per heavy atom. The molecular formula is C23H23ClF3N3O2. The van der Waals surface area contributed by atoms with Crippen LogP contribution in [-0.2, 0) is 19.3 Å². The fourth-order valence-electron chi connectivity index (χ4n) is 3.04. The minimum atomic E-state index is -4.46. The van der Waals surface area contributed by atoms with Gasteiger partial charge >= 0.3 is 6.18 Å². The first kappa shape index (κ1) is 23.7. The number of benzene rings is 2. The largest absolute Gasteiger partial charge is 0.487 e. The summed E-state index contributed by atoms with van der Waals surface area (Å²) in [6.45, 7) is 4.43. The standard InChI is InChI=1S/C23H23ClF3N3O2/c1-15-4-9-19(24)20(12-15)32-14-17-5-7-18(8-6-17)22(31)28-10-3-11-30-16(2)13-21(29-30)23(25,26)27/h4-9,12-13H,3,10-11,14H2,1-2H3,(H,28,31). The number of hydrogen-bond acceptors (Lipinski definition) is 3. The first-order valence-corrected chi connectivity index (χ1v) is 10.4. The summed E-state index contributed by atoms with van der Waals surface area (Å²) in [6, 6.07) is 13.5. The van der Waals surface area contributed by atoms with Crippen LogP contribution in [-0.4, -0.2) is 22.2 Å². The Morgan fingerprint density at radius 3 is 2.50 bits per heavy atom. The molecular weight excluding hydrogens is 443 g/mol. The molecule has 0 radical (unpaired) electrons. The van der Waals surface area contributed by atoms with E-state index in [-0.39, 0.29) is 12.5 Å². The highest BCUT2D eigenvalue weighted by atomic mass is 35.5. The highest BCUT2D eigenvalue weighted by molar-refractivity contribution is 6.32. The van der Waals surface area contributed by atoms with Crippen molar-refractivity contribution in [2.75, 3.05) is 6.54 Å². The number of alkyl halides is 3. The van der Waals surface area contributed by atoms with Crippen molar-refractivity contribution in [2.24, 2.45) is 0 Å². The number of carbonyl (C=O) groups excluding carboxylic acids is 1. The maximum Gasteiger partial charge on any atom is 0.435 e. The zero-order chi connectivity index (χ0) is 23.3. The van der Waals surface area contributed by atoms with Gasteiger partial charge in [-0.05, 0) is 61.7 Å². The van der Waals surface area contributed by atoms with E-state index in [1.54, 1.807) is 37.3 Å². The summed E-state index contributed by atoms with van der Waals surface area (Å²) in [5, 5.41) is 6.87. The van der Waals surface area contributed by atoms with E-state index in [9.17, 15) is 18.0 Å². The summed E-state index contributed by atoms with van der Waals surface area (Å²) in [7, 11) is 0. The third kappa shape index (κ3) is 6.26. The Balaban J connectivity index is 1.46. The highest BCUT2D eigenvalue weighted by Gasteiger charge is 2.34. The van der Waals surface area contributed by atoms with Crippen molar-refractivity contribution < 1.29 is 22.7 Å². The number of nitrogens with zero attached hydrogens (tertiary/aromatic N) is 2. The van der Waals surface area contributed by atoms with Crippen LogP contribution in [0.2, 0.25) is 5.02 Å². The zero-order valence-corrected chi connectivity index (χ0v) is 18.4. The summed E-state index contributed by atoms with van der Waals surface area (Å²) in [5.41, 5.74) is 1.92. The van der Waals surface area contributed by atoms with Crippen LogP contribution in [0.15, 0.2) is 48.5 Å². The summed E-state index contributed by atoms with van der Waals surface area (Å²) >= 11 is 6.13. The number of ether oxygens (including phenoxy) is 1. The Kier molecular flexibility index (Phi) is 7.45. The van der Waals surface area contributed by atoms with E-state index in [4.69, 9.17) is 16.3 Å². The van der Waals surface area contributed by atoms with E-state index in [2.05, 4.69) is 10.4 Å². The lowest BCUT2D eigenvalue weighted by Crippen LogP contribution is -2.25. The maximum atomic E-state index is 12.7. The first-order valence-electron chi connectivity index (χ1n) is 10.0. The number of aromatic nitrogens is 2. The van der Waals surface area contributed by atoms with Gasteiger partial charge in [-0.15, -0.1) is 0 Å². The average Bonchev–Trinajstić information content (AvgIpc) is 3.13. The highest BCUT2D eigenvalue weighted by Crippen LogP contribution is 2.28. The Labute approximate surface area is 189 Å². The number of amides is 1. The monoisotopic (exact) mass is 465 g/mol. The van der Waals surface area contributed by atoms with Gasteiger partial charge in [0.05, 0.1) is 5.02 Å². The quantitative estimate of drug-likeness (QED) is 0.442. The molecule has 0 saturated carbocycles. The molecule has 0 atom stereocenters. The van der Waals surface area contributed by atoms with Crippen molar-refractivity contribution in [1.82, 2.24) is 15.1 Å². The molecule has 1 N–H and O–H groups in total. The molecule has 0 saturated heterocycles. The van der Waals surface area contributed by atoms with Crippen LogP contribution in [0, 0.1) is 13.8 Å². The molecule has 3 rings (SSSR count). The summed E-state index contributed by atoms with van der Waals surface area (Å²) in [6.07, 6.45) is -4.01. The topological polar surface area (TPSA) is 56.1 Å². The molecule has 1 heterocycles. The van der Waals surface area contributed by atoms with Crippen molar-refractivity contribution in [3.8, 4) is 5.75 Å². The van der Waals surface area contributed by atoms with Gasteiger partial charge in [-0.25, -0.2) is 0 Å². The molecule has 0 fully saturated rings. The zero-order valence-electron chi connectivity index (χ0n) is 17.7. The second-order valence-corrected chi connectivity index (χ2v) is 7.83. The molecule has 3 aromatic rings. The van der Waals surface area contributed by atoms with Crippen LogP contribution in [0.25, 0.3) is 0 Å². The Hall–Kier alpha value is -3.00. The fraction of sp³-hybridized carbons (Fsp3) is 0.304. The molecule has 0 aliphatic rings. The summed E-state index contributed by atoms with van der Waals surface area (Å²) < 4.78 is 45.2. The molecule has 0 unspecified atom stereocenters. The Bertz CT molecular complexity index is 1080. The normalized spacial score (nSPS) is 11.4. The van der Waals surface area contributed by atoms with Crippen LogP contribution in [0.4, 0.5) is 13.2 Å². The minimum absolute atomic E-state index is 0.257. The molecule has 9 heteroatoms. The smallest absolute Gasteiger partial charge is 0.435 e. The van der Waals surface area contributed by atoms with Gasteiger partial charge in [-0.2, -0.15) is 18.3 Å². The van der Waals surface area contributed by atoms with Crippen molar-refractivity contribution in [3.05, 3.63) is 81.6 Å². The molecule has 1 amide bonds. The molecule has 0 spiro atoms. The second kappa shape index (κ2) is 10.1. The van der Waals surface area contributed by atoms with Crippen LogP contribution < -0.4 is 10.1 Å². The molecule has 0 bridgehead atoms. The van der Waals surface area contributed by atoms with Gasteiger partial charge in [-0.3, -0.25) is 9.48 Å². The van der Waals surface area contributed by atoms with E-state index in [1.807, 2.05) is 19.1 Å². The third-order valence-electron chi connectivity index (χ3n) is 4.80. The molecule has 1 aromatic heterocycles. The number of hydrogen-bond donors (Lipinski definition) is 1. The molecule has 0 aliphatic heterocycles. The molecule has 2 aromatic carbocycles. The Morgan fingerprint density at radius 2 is 1.84 bits per heavy atom. The van der Waals surface area contributed by atoms with E-state index < -0.39 is 11.9 Å². The summed E-state index contributed by atoms with van der Waals surface area (Å²) in [4.78, 5) is 12.3. The van der Waals surface area contributed by atoms with E-state index >= 15 is 0 Å². The lowest BCUT2D eigenvalue weighted by Gasteiger charge is -2.10. The van der Waals surface area contributed by atoms with Gasteiger partial charge in [0, 0.05) is 24.3 Å². The molecule has 32 heavy (non-hydrogen) atoms. The molecule has 170 valence electrons. The van der Waals surface area contributed by atoms with Gasteiger partial charge in [-0.1, -0.05) is 29.8 Å². The van der Waals surface area contributed by atoms with Gasteiger partial charge < -0.3 is 10.1 Å². The SMILES string of the molecule is Cc1ccc(Cl)c(OCc2ccc(C(=O)NCCCn3nc(C(F)(F)F)cc3C)cc2)c1. The predicted octanol–water partition coefficient (Wildman–Crippen LogP) is 5.57. The maximum absolute atomic E-state index is 12.7. The van der Waals surface area contributed by atoms with Crippen molar-refractivity contribution in [3.63, 3.8) is 0 Å². The van der Waals surface area contributed by atoms with Crippen molar-refractivity contribution >= 4 is 17.5 Å². The lowest BCUT2D eigenvalue weighted by molar-refractivity contribution is -0.141. The molecule has 5 nitrogen and oxygen atoms in total. The van der Waals surface area contributed by atoms with E-state index in [0.29, 0.717) is 41.6 Å². The van der Waals surface area contributed by atoms with Gasteiger partial charge in [0.2, 0.25) is 0 Å². The van der Waals surface area contributed by atoms with Crippen LogP contribution >= 0.6 is 11.6 Å². The molecule has 0 aliphatic carbocycles. The third-order valence-corrected chi connectivity index (χ3v) is 5.11. The van der Waals surface area contributed by atoms with Crippen LogP contribution in [0.1, 0.15) is 39.3 Å².